The lowest BCUT2D eigenvalue weighted by molar-refractivity contribution is 0.242. The highest BCUT2D eigenvalue weighted by Gasteiger charge is 2.24. The van der Waals surface area contributed by atoms with Crippen LogP contribution in [0.4, 0.5) is 5.69 Å². The minimum Gasteiger partial charge on any atom is -0.491 e. The van der Waals surface area contributed by atoms with E-state index in [1.807, 2.05) is 0 Å². The molecule has 1 aliphatic carbocycles. The molecule has 1 aromatic rings. The molecule has 0 aromatic heterocycles. The number of nitrogens with one attached hydrogen (secondary N) is 1. The van der Waals surface area contributed by atoms with Gasteiger partial charge in [-0.15, -0.1) is 0 Å². The molecule has 1 aliphatic rings. The monoisotopic (exact) mass is 276 g/mol. The van der Waals surface area contributed by atoms with E-state index >= 15 is 0 Å². The smallest absolute Gasteiger partial charge is 0.120 e. The minimum atomic E-state index is 0.216. The molecule has 0 heterocycles. The number of hydrogen-bond acceptors (Lipinski definition) is 3. The number of hydrogen-bond donors (Lipinski definition) is 2. The standard InChI is InChI=1S/C17H28N2O/c1-12(2)20-15-8-9-16(13(3)10-15)19-17-7-5-4-6-14(17)11-18/h8-10,12,14,17,19H,4-7,11,18H2,1-3H3. The number of anilines is 1. The van der Waals surface area contributed by atoms with Crippen molar-refractivity contribution in [2.24, 2.45) is 11.7 Å². The van der Waals surface area contributed by atoms with Crippen LogP contribution < -0.4 is 15.8 Å². The highest BCUT2D eigenvalue weighted by molar-refractivity contribution is 5.54. The third-order valence-corrected chi connectivity index (χ3v) is 4.12. The van der Waals surface area contributed by atoms with E-state index in [2.05, 4.69) is 44.3 Å². The second-order valence-corrected chi connectivity index (χ2v) is 6.17. The Hall–Kier alpha value is -1.22. The third kappa shape index (κ3) is 3.89. The molecule has 112 valence electrons. The van der Waals surface area contributed by atoms with Gasteiger partial charge in [-0.3, -0.25) is 0 Å². The van der Waals surface area contributed by atoms with Gasteiger partial charge in [-0.25, -0.2) is 0 Å². The van der Waals surface area contributed by atoms with Crippen LogP contribution in [0.25, 0.3) is 0 Å². The lowest BCUT2D eigenvalue weighted by atomic mass is 9.84. The van der Waals surface area contributed by atoms with Crippen LogP contribution in [0, 0.1) is 12.8 Å². The van der Waals surface area contributed by atoms with Gasteiger partial charge in [0.05, 0.1) is 6.10 Å². The molecule has 0 radical (unpaired) electrons. The Morgan fingerprint density at radius 2 is 2.05 bits per heavy atom. The number of rotatable bonds is 5. The third-order valence-electron chi connectivity index (χ3n) is 4.12. The maximum Gasteiger partial charge on any atom is 0.120 e. The lowest BCUT2D eigenvalue weighted by Gasteiger charge is -2.32. The van der Waals surface area contributed by atoms with Gasteiger partial charge < -0.3 is 15.8 Å². The first-order chi connectivity index (χ1) is 9.60. The number of aryl methyl sites for hydroxylation is 1. The maximum atomic E-state index is 5.90. The Bertz CT molecular complexity index is 431. The van der Waals surface area contributed by atoms with Crippen molar-refractivity contribution in [1.82, 2.24) is 0 Å². The summed E-state index contributed by atoms with van der Waals surface area (Å²) in [7, 11) is 0. The summed E-state index contributed by atoms with van der Waals surface area (Å²) < 4.78 is 5.73. The molecule has 2 unspecified atom stereocenters. The number of ether oxygens (including phenoxy) is 1. The highest BCUT2D eigenvalue weighted by atomic mass is 16.5. The predicted molar refractivity (Wildman–Crippen MR) is 85.4 cm³/mol. The summed E-state index contributed by atoms with van der Waals surface area (Å²) in [5.74, 6) is 1.55. The van der Waals surface area contributed by atoms with Crippen LogP contribution >= 0.6 is 0 Å². The summed E-state index contributed by atoms with van der Waals surface area (Å²) >= 11 is 0. The van der Waals surface area contributed by atoms with Crippen LogP contribution in [0.15, 0.2) is 18.2 Å². The van der Waals surface area contributed by atoms with E-state index in [1.165, 1.54) is 36.9 Å². The summed E-state index contributed by atoms with van der Waals surface area (Å²) in [5, 5.41) is 3.70. The molecule has 0 saturated heterocycles. The van der Waals surface area contributed by atoms with E-state index in [0.29, 0.717) is 12.0 Å². The molecular weight excluding hydrogens is 248 g/mol. The van der Waals surface area contributed by atoms with Gasteiger partial charge in [0, 0.05) is 11.7 Å². The van der Waals surface area contributed by atoms with Crippen molar-refractivity contribution in [3.63, 3.8) is 0 Å². The summed E-state index contributed by atoms with van der Waals surface area (Å²) in [5.41, 5.74) is 8.36. The largest absolute Gasteiger partial charge is 0.491 e. The van der Waals surface area contributed by atoms with E-state index in [9.17, 15) is 0 Å². The SMILES string of the molecule is Cc1cc(OC(C)C)ccc1NC1CCCCC1CN. The van der Waals surface area contributed by atoms with E-state index in [-0.39, 0.29) is 6.10 Å². The predicted octanol–water partition coefficient (Wildman–Crippen LogP) is 3.71. The van der Waals surface area contributed by atoms with Gasteiger partial charge >= 0.3 is 0 Å². The zero-order chi connectivity index (χ0) is 14.5. The average Bonchev–Trinajstić information content (AvgIpc) is 2.42. The Balaban J connectivity index is 2.05. The molecule has 3 N–H and O–H groups in total. The molecule has 2 rings (SSSR count). The molecule has 2 atom stereocenters. The Morgan fingerprint density at radius 1 is 1.30 bits per heavy atom. The second kappa shape index (κ2) is 6.98. The second-order valence-electron chi connectivity index (χ2n) is 6.17. The van der Waals surface area contributed by atoms with Crippen LogP contribution in [0.2, 0.25) is 0 Å². The fourth-order valence-corrected chi connectivity index (χ4v) is 3.02. The zero-order valence-electron chi connectivity index (χ0n) is 13.0. The number of nitrogens with two attached hydrogens (primary N) is 1. The first-order valence-corrected chi connectivity index (χ1v) is 7.84. The average molecular weight is 276 g/mol. The van der Waals surface area contributed by atoms with Crippen LogP contribution in [-0.2, 0) is 0 Å². The first kappa shape index (κ1) is 15.2. The molecule has 0 bridgehead atoms. The van der Waals surface area contributed by atoms with Crippen molar-refractivity contribution in [2.75, 3.05) is 11.9 Å². The number of benzene rings is 1. The van der Waals surface area contributed by atoms with Crippen molar-refractivity contribution in [3.8, 4) is 5.75 Å². The van der Waals surface area contributed by atoms with Crippen LogP contribution in [0.3, 0.4) is 0 Å². The van der Waals surface area contributed by atoms with Crippen molar-refractivity contribution < 1.29 is 4.74 Å². The van der Waals surface area contributed by atoms with Crippen molar-refractivity contribution in [3.05, 3.63) is 23.8 Å². The van der Waals surface area contributed by atoms with Gasteiger partial charge in [-0.2, -0.15) is 0 Å². The molecular formula is C17H28N2O. The molecule has 1 fully saturated rings. The maximum absolute atomic E-state index is 5.90. The van der Waals surface area contributed by atoms with Gasteiger partial charge in [0.25, 0.3) is 0 Å². The fraction of sp³-hybridized carbons (Fsp3) is 0.647. The molecule has 20 heavy (non-hydrogen) atoms. The van der Waals surface area contributed by atoms with E-state index in [1.54, 1.807) is 0 Å². The van der Waals surface area contributed by atoms with Gasteiger partial charge in [0.2, 0.25) is 0 Å². The lowest BCUT2D eigenvalue weighted by Crippen LogP contribution is -2.36. The molecule has 0 spiro atoms. The summed E-state index contributed by atoms with van der Waals surface area (Å²) in [4.78, 5) is 0. The first-order valence-electron chi connectivity index (χ1n) is 7.84. The van der Waals surface area contributed by atoms with E-state index < -0.39 is 0 Å². The van der Waals surface area contributed by atoms with E-state index in [0.717, 1.165) is 12.3 Å². The van der Waals surface area contributed by atoms with Gasteiger partial charge in [-0.05, 0) is 69.8 Å². The summed E-state index contributed by atoms with van der Waals surface area (Å²) in [6, 6.07) is 6.82. The molecule has 0 amide bonds. The normalized spacial score (nSPS) is 22.9. The topological polar surface area (TPSA) is 47.3 Å². The molecule has 0 aliphatic heterocycles. The van der Waals surface area contributed by atoms with Crippen LogP contribution in [0.1, 0.15) is 45.1 Å². The van der Waals surface area contributed by atoms with Crippen LogP contribution in [-0.4, -0.2) is 18.7 Å². The van der Waals surface area contributed by atoms with Crippen LogP contribution in [0.5, 0.6) is 5.75 Å². The minimum absolute atomic E-state index is 0.216. The molecule has 1 aromatic carbocycles. The highest BCUT2D eigenvalue weighted by Crippen LogP contribution is 2.29. The van der Waals surface area contributed by atoms with Crippen molar-refractivity contribution in [2.45, 2.75) is 58.6 Å². The van der Waals surface area contributed by atoms with Gasteiger partial charge in [0.1, 0.15) is 5.75 Å². The molecule has 3 heteroatoms. The summed E-state index contributed by atoms with van der Waals surface area (Å²) in [6.07, 6.45) is 5.32. The molecule has 1 saturated carbocycles. The molecule has 3 nitrogen and oxygen atoms in total. The Morgan fingerprint density at radius 3 is 2.70 bits per heavy atom. The van der Waals surface area contributed by atoms with Crippen molar-refractivity contribution >= 4 is 5.69 Å². The van der Waals surface area contributed by atoms with Crippen molar-refractivity contribution in [1.29, 1.82) is 0 Å². The Kier molecular flexibility index (Phi) is 5.30. The zero-order valence-corrected chi connectivity index (χ0v) is 13.0. The fourth-order valence-electron chi connectivity index (χ4n) is 3.02. The van der Waals surface area contributed by atoms with E-state index in [4.69, 9.17) is 10.5 Å². The quantitative estimate of drug-likeness (QED) is 0.862. The van der Waals surface area contributed by atoms with Gasteiger partial charge in [-0.1, -0.05) is 12.8 Å². The summed E-state index contributed by atoms with van der Waals surface area (Å²) in [6.45, 7) is 7.02. The van der Waals surface area contributed by atoms with Gasteiger partial charge in [0.15, 0.2) is 0 Å². The Labute approximate surface area is 122 Å².